The second-order valence-corrected chi connectivity index (χ2v) is 7.71. The van der Waals surface area contributed by atoms with Gasteiger partial charge in [-0.1, -0.05) is 0 Å². The van der Waals surface area contributed by atoms with E-state index in [1.165, 1.54) is 31.2 Å². The molecular weight excluding hydrogens is 334 g/mol. The number of hydrogen-bond acceptors (Lipinski definition) is 5. The third kappa shape index (κ3) is 3.85. The molecule has 24 heavy (non-hydrogen) atoms. The Bertz CT molecular complexity index is 743. The van der Waals surface area contributed by atoms with Gasteiger partial charge in [-0.25, -0.2) is 17.9 Å². The largest absolute Gasteiger partial charge is 0.443 e. The van der Waals surface area contributed by atoms with Crippen LogP contribution in [0, 0.1) is 0 Å². The molecule has 2 N–H and O–H groups in total. The summed E-state index contributed by atoms with van der Waals surface area (Å²) in [7, 11) is -3.71. The van der Waals surface area contributed by atoms with Gasteiger partial charge in [0.2, 0.25) is 15.9 Å². The zero-order valence-electron chi connectivity index (χ0n) is 13.2. The first-order valence-electron chi connectivity index (χ1n) is 7.70. The van der Waals surface area contributed by atoms with Gasteiger partial charge < -0.3 is 15.0 Å². The average Bonchev–Trinajstić information content (AvgIpc) is 3.28. The second-order valence-electron chi connectivity index (χ2n) is 5.95. The highest BCUT2D eigenvalue weighted by Gasteiger charge is 2.41. The van der Waals surface area contributed by atoms with Crippen LogP contribution in [0.4, 0.5) is 10.5 Å². The monoisotopic (exact) mass is 353 g/mol. The van der Waals surface area contributed by atoms with E-state index in [9.17, 15) is 18.0 Å². The van der Waals surface area contributed by atoms with Crippen LogP contribution in [0.2, 0.25) is 0 Å². The molecular formula is C15H19N3O5S. The lowest BCUT2D eigenvalue weighted by Crippen LogP contribution is -2.35. The van der Waals surface area contributed by atoms with Crippen LogP contribution in [0.15, 0.2) is 29.2 Å². The van der Waals surface area contributed by atoms with Gasteiger partial charge in [-0.15, -0.1) is 0 Å². The molecule has 2 fully saturated rings. The molecule has 9 heteroatoms. The Hall–Kier alpha value is -2.13. The lowest BCUT2D eigenvalue weighted by atomic mass is 10.3. The second kappa shape index (κ2) is 6.40. The normalized spacial score (nSPS) is 20.8. The highest BCUT2D eigenvalue weighted by Crippen LogP contribution is 2.30. The van der Waals surface area contributed by atoms with Crippen LogP contribution in [-0.4, -0.2) is 50.6 Å². The Morgan fingerprint density at radius 1 is 1.29 bits per heavy atom. The molecule has 1 aromatic rings. The van der Waals surface area contributed by atoms with Gasteiger partial charge in [0.1, 0.15) is 6.10 Å². The van der Waals surface area contributed by atoms with Crippen LogP contribution in [-0.2, 0) is 19.6 Å². The maximum Gasteiger partial charge on any atom is 0.410 e. The number of anilines is 1. The summed E-state index contributed by atoms with van der Waals surface area (Å²) in [6, 6.07) is 6.09. The molecule has 1 aromatic carbocycles. The van der Waals surface area contributed by atoms with Crippen LogP contribution in [0.5, 0.6) is 0 Å². The third-order valence-electron chi connectivity index (χ3n) is 3.88. The van der Waals surface area contributed by atoms with Crippen molar-refractivity contribution < 1.29 is 22.7 Å². The predicted molar refractivity (Wildman–Crippen MR) is 85.9 cm³/mol. The highest BCUT2D eigenvalue weighted by atomic mass is 32.2. The number of benzene rings is 1. The zero-order chi connectivity index (χ0) is 17.3. The lowest BCUT2D eigenvalue weighted by Gasteiger charge is -2.12. The van der Waals surface area contributed by atoms with E-state index < -0.39 is 16.1 Å². The molecule has 1 saturated carbocycles. The van der Waals surface area contributed by atoms with E-state index >= 15 is 0 Å². The van der Waals surface area contributed by atoms with Gasteiger partial charge >= 0.3 is 6.09 Å². The molecule has 130 valence electrons. The molecule has 2 aliphatic rings. The molecule has 0 radical (unpaired) electrons. The minimum atomic E-state index is -3.71. The fourth-order valence-electron chi connectivity index (χ4n) is 2.54. The van der Waals surface area contributed by atoms with Crippen molar-refractivity contribution in [3.05, 3.63) is 24.3 Å². The van der Waals surface area contributed by atoms with Crippen LogP contribution in [0.3, 0.4) is 0 Å². The Labute approximate surface area is 140 Å². The molecule has 1 saturated heterocycles. The smallest absolute Gasteiger partial charge is 0.410 e. The number of sulfonamides is 1. The summed E-state index contributed by atoms with van der Waals surface area (Å²) in [5.41, 5.74) is 0.520. The van der Waals surface area contributed by atoms with Gasteiger partial charge in [0, 0.05) is 25.2 Å². The Kier molecular flexibility index (Phi) is 4.46. The quantitative estimate of drug-likeness (QED) is 0.791. The van der Waals surface area contributed by atoms with Gasteiger partial charge in [-0.05, 0) is 37.1 Å². The molecule has 1 unspecified atom stereocenters. The van der Waals surface area contributed by atoms with Gasteiger partial charge in [0.15, 0.2) is 0 Å². The average molecular weight is 353 g/mol. The first kappa shape index (κ1) is 16.7. The van der Waals surface area contributed by atoms with Crippen molar-refractivity contribution in [1.82, 2.24) is 9.62 Å². The van der Waals surface area contributed by atoms with E-state index in [2.05, 4.69) is 10.0 Å². The van der Waals surface area contributed by atoms with Crippen molar-refractivity contribution in [3.63, 3.8) is 0 Å². The van der Waals surface area contributed by atoms with Crippen molar-refractivity contribution in [2.75, 3.05) is 18.4 Å². The SMILES string of the molecule is CC(=O)Nc1ccc(S(=O)(=O)NCC2CN(C3CC3)C(=O)O2)cc1. The summed E-state index contributed by atoms with van der Waals surface area (Å²) >= 11 is 0. The van der Waals surface area contributed by atoms with Crippen LogP contribution in [0.25, 0.3) is 0 Å². The van der Waals surface area contributed by atoms with E-state index in [1.54, 1.807) is 4.90 Å². The fraction of sp³-hybridized carbons (Fsp3) is 0.467. The van der Waals surface area contributed by atoms with Crippen LogP contribution < -0.4 is 10.0 Å². The minimum Gasteiger partial charge on any atom is -0.443 e. The fourth-order valence-corrected chi connectivity index (χ4v) is 3.61. The molecule has 1 atom stereocenters. The van der Waals surface area contributed by atoms with Crippen molar-refractivity contribution in [2.24, 2.45) is 0 Å². The number of rotatable bonds is 6. The van der Waals surface area contributed by atoms with Gasteiger partial charge in [0.05, 0.1) is 11.4 Å². The van der Waals surface area contributed by atoms with E-state index in [1.807, 2.05) is 0 Å². The Balaban J connectivity index is 1.57. The standard InChI is InChI=1S/C15H19N3O5S/c1-10(19)17-11-2-6-14(7-3-11)24(21,22)16-8-13-9-18(12-4-5-12)15(20)23-13/h2-3,6-7,12-13,16H,4-5,8-9H2,1H3,(H,17,19). The Morgan fingerprint density at radius 2 is 1.96 bits per heavy atom. The topological polar surface area (TPSA) is 105 Å². The summed E-state index contributed by atoms with van der Waals surface area (Å²) in [5, 5.41) is 2.57. The molecule has 2 amide bonds. The first-order chi connectivity index (χ1) is 11.3. The van der Waals surface area contributed by atoms with Crippen molar-refractivity contribution in [3.8, 4) is 0 Å². The van der Waals surface area contributed by atoms with Crippen LogP contribution >= 0.6 is 0 Å². The number of amides is 2. The van der Waals surface area contributed by atoms with Gasteiger partial charge in [-0.2, -0.15) is 0 Å². The highest BCUT2D eigenvalue weighted by molar-refractivity contribution is 7.89. The van der Waals surface area contributed by atoms with E-state index in [0.717, 1.165) is 12.8 Å². The molecule has 3 rings (SSSR count). The number of ether oxygens (including phenoxy) is 1. The number of carbonyl (C=O) groups is 2. The number of nitrogens with one attached hydrogen (secondary N) is 2. The number of carbonyl (C=O) groups excluding carboxylic acids is 2. The van der Waals surface area contributed by atoms with Crippen LogP contribution in [0.1, 0.15) is 19.8 Å². The summed E-state index contributed by atoms with van der Waals surface area (Å²) < 4.78 is 32.2. The third-order valence-corrected chi connectivity index (χ3v) is 5.32. The Morgan fingerprint density at radius 3 is 2.54 bits per heavy atom. The summed E-state index contributed by atoms with van der Waals surface area (Å²) in [4.78, 5) is 24.4. The molecule has 0 bridgehead atoms. The molecule has 1 aliphatic heterocycles. The predicted octanol–water partition coefficient (Wildman–Crippen LogP) is 0.906. The number of nitrogens with zero attached hydrogens (tertiary/aromatic N) is 1. The van der Waals surface area contributed by atoms with E-state index in [0.29, 0.717) is 12.2 Å². The summed E-state index contributed by atoms with van der Waals surface area (Å²) in [6.45, 7) is 1.82. The molecule has 1 heterocycles. The molecule has 0 aromatic heterocycles. The maximum absolute atomic E-state index is 12.3. The van der Waals surface area contributed by atoms with Crippen molar-refractivity contribution in [1.29, 1.82) is 0 Å². The first-order valence-corrected chi connectivity index (χ1v) is 9.18. The lowest BCUT2D eigenvalue weighted by molar-refractivity contribution is -0.114. The van der Waals surface area contributed by atoms with E-state index in [4.69, 9.17) is 4.74 Å². The number of hydrogen-bond donors (Lipinski definition) is 2. The summed E-state index contributed by atoms with van der Waals surface area (Å²) in [6.07, 6.45) is 1.11. The molecule has 8 nitrogen and oxygen atoms in total. The van der Waals surface area contributed by atoms with E-state index in [-0.39, 0.29) is 29.5 Å². The van der Waals surface area contributed by atoms with Crippen molar-refractivity contribution >= 4 is 27.7 Å². The summed E-state index contributed by atoms with van der Waals surface area (Å²) in [5.74, 6) is -0.230. The zero-order valence-corrected chi connectivity index (χ0v) is 14.0. The maximum atomic E-state index is 12.3. The molecule has 0 spiro atoms. The minimum absolute atomic E-state index is 0.0325. The van der Waals surface area contributed by atoms with Gasteiger partial charge in [-0.3, -0.25) is 4.79 Å². The van der Waals surface area contributed by atoms with Gasteiger partial charge in [0.25, 0.3) is 0 Å². The molecule has 1 aliphatic carbocycles. The van der Waals surface area contributed by atoms with Crippen molar-refractivity contribution in [2.45, 2.75) is 36.8 Å². The number of cyclic esters (lactones) is 1.